The molecular formula is C19H22N2O2. The summed E-state index contributed by atoms with van der Waals surface area (Å²) in [6.45, 7) is 7.98. The number of carbonyl (C=O) groups excluding carboxylic acids is 1. The maximum atomic E-state index is 11.0. The van der Waals surface area contributed by atoms with E-state index in [-0.39, 0.29) is 5.91 Å². The van der Waals surface area contributed by atoms with Gasteiger partial charge in [-0.05, 0) is 42.3 Å². The van der Waals surface area contributed by atoms with Crippen molar-refractivity contribution in [2.45, 2.75) is 27.7 Å². The highest BCUT2D eigenvalue weighted by Crippen LogP contribution is 2.32. The molecule has 0 aromatic heterocycles. The Hall–Kier alpha value is -2.62. The Morgan fingerprint density at radius 3 is 2.48 bits per heavy atom. The average Bonchev–Trinajstić information content (AvgIpc) is 2.56. The molecule has 0 aliphatic carbocycles. The molecule has 0 fully saturated rings. The highest BCUT2D eigenvalue weighted by Gasteiger charge is 2.14. The summed E-state index contributed by atoms with van der Waals surface area (Å²) in [5.74, 6) is 0.749. The zero-order valence-electron chi connectivity index (χ0n) is 14.0. The van der Waals surface area contributed by atoms with Gasteiger partial charge in [-0.3, -0.25) is 4.79 Å². The lowest BCUT2D eigenvalue weighted by Gasteiger charge is -2.17. The number of rotatable bonds is 2. The van der Waals surface area contributed by atoms with Crippen LogP contribution in [-0.4, -0.2) is 18.2 Å². The predicted octanol–water partition coefficient (Wildman–Crippen LogP) is 4.49. The third-order valence-corrected chi connectivity index (χ3v) is 3.27. The van der Waals surface area contributed by atoms with Crippen LogP contribution in [0.4, 0.5) is 11.4 Å². The number of nitrogens with zero attached hydrogens (tertiary/aromatic N) is 1. The minimum absolute atomic E-state index is 0.0783. The van der Waals surface area contributed by atoms with Gasteiger partial charge in [-0.2, -0.15) is 0 Å². The first-order chi connectivity index (χ1) is 11.1. The Labute approximate surface area is 137 Å². The topological polar surface area (TPSA) is 50.7 Å². The average molecular weight is 310 g/mol. The third-order valence-electron chi connectivity index (χ3n) is 3.27. The van der Waals surface area contributed by atoms with Gasteiger partial charge < -0.3 is 10.1 Å². The van der Waals surface area contributed by atoms with Crippen molar-refractivity contribution in [2.75, 3.05) is 11.9 Å². The summed E-state index contributed by atoms with van der Waals surface area (Å²) in [6, 6.07) is 13.6. The molecule has 0 radical (unpaired) electrons. The lowest BCUT2D eigenvalue weighted by molar-refractivity contribution is -0.114. The fraction of sp³-hybridized carbons (Fsp3) is 0.263. The zero-order valence-corrected chi connectivity index (χ0v) is 14.0. The van der Waals surface area contributed by atoms with Crippen molar-refractivity contribution in [1.29, 1.82) is 0 Å². The Morgan fingerprint density at radius 1 is 1.13 bits per heavy atom. The molecule has 0 bridgehead atoms. The number of benzene rings is 2. The van der Waals surface area contributed by atoms with Crippen molar-refractivity contribution in [3.8, 4) is 5.75 Å². The van der Waals surface area contributed by atoms with E-state index in [0.29, 0.717) is 6.61 Å². The van der Waals surface area contributed by atoms with Crippen LogP contribution in [0.2, 0.25) is 0 Å². The molecule has 1 amide bonds. The van der Waals surface area contributed by atoms with E-state index < -0.39 is 0 Å². The quantitative estimate of drug-likeness (QED) is 0.888. The molecule has 0 atom stereocenters. The minimum atomic E-state index is -0.0783. The summed E-state index contributed by atoms with van der Waals surface area (Å²) >= 11 is 0. The van der Waals surface area contributed by atoms with Crippen LogP contribution in [-0.2, 0) is 4.79 Å². The third kappa shape index (κ3) is 4.19. The number of nitrogens with one attached hydrogen (secondary N) is 1. The number of ether oxygens (including phenoxy) is 1. The Balaban J connectivity index is 0.000000924. The highest BCUT2D eigenvalue weighted by molar-refractivity contribution is 6.04. The lowest BCUT2D eigenvalue weighted by Crippen LogP contribution is -2.16. The van der Waals surface area contributed by atoms with Gasteiger partial charge in [-0.25, -0.2) is 4.99 Å². The number of hydrogen-bond acceptors (Lipinski definition) is 3. The van der Waals surface area contributed by atoms with Crippen LogP contribution in [0.3, 0.4) is 0 Å². The van der Waals surface area contributed by atoms with Crippen LogP contribution in [0.15, 0.2) is 47.5 Å². The largest absolute Gasteiger partial charge is 0.485 e. The van der Waals surface area contributed by atoms with Gasteiger partial charge in [0.1, 0.15) is 18.0 Å². The fourth-order valence-corrected chi connectivity index (χ4v) is 2.25. The van der Waals surface area contributed by atoms with E-state index in [4.69, 9.17) is 4.74 Å². The van der Waals surface area contributed by atoms with Crippen molar-refractivity contribution in [3.63, 3.8) is 0 Å². The molecule has 120 valence electrons. The summed E-state index contributed by atoms with van der Waals surface area (Å²) in [5.41, 5.74) is 4.68. The predicted molar refractivity (Wildman–Crippen MR) is 95.0 cm³/mol. The van der Waals surface area contributed by atoms with E-state index in [9.17, 15) is 4.79 Å². The van der Waals surface area contributed by atoms with Crippen LogP contribution in [0.25, 0.3) is 0 Å². The molecule has 3 rings (SSSR count). The minimum Gasteiger partial charge on any atom is -0.485 e. The standard InChI is InChI=1S/C17H16N2O2.C2H6/c1-11-3-8-15-17(9-11)21-10-16(19-15)13-4-6-14(7-5-13)18-12(2)20;1-2/h3-9H,10H2,1-2H3,(H,18,20);1-2H3. The van der Waals surface area contributed by atoms with Crippen LogP contribution in [0.5, 0.6) is 5.75 Å². The molecule has 4 heteroatoms. The maximum absolute atomic E-state index is 11.0. The van der Waals surface area contributed by atoms with Crippen molar-refractivity contribution >= 4 is 23.0 Å². The summed E-state index contributed by atoms with van der Waals surface area (Å²) in [7, 11) is 0. The second-order valence-electron chi connectivity index (χ2n) is 5.08. The molecule has 0 saturated heterocycles. The molecule has 2 aromatic carbocycles. The van der Waals surface area contributed by atoms with Crippen molar-refractivity contribution in [2.24, 2.45) is 4.99 Å². The Kier molecular flexibility index (Phi) is 5.52. The van der Waals surface area contributed by atoms with E-state index in [1.807, 2.05) is 63.2 Å². The molecule has 0 unspecified atom stereocenters. The normalized spacial score (nSPS) is 12.1. The monoisotopic (exact) mass is 310 g/mol. The molecule has 23 heavy (non-hydrogen) atoms. The molecule has 1 heterocycles. The lowest BCUT2D eigenvalue weighted by atomic mass is 10.1. The molecule has 1 aliphatic rings. The zero-order chi connectivity index (χ0) is 16.8. The van der Waals surface area contributed by atoms with E-state index in [0.717, 1.165) is 34.0 Å². The number of aliphatic imine (C=N–C) groups is 1. The van der Waals surface area contributed by atoms with Gasteiger partial charge in [0.05, 0.1) is 5.71 Å². The van der Waals surface area contributed by atoms with Gasteiger partial charge in [0.15, 0.2) is 0 Å². The van der Waals surface area contributed by atoms with Crippen LogP contribution >= 0.6 is 0 Å². The second-order valence-corrected chi connectivity index (χ2v) is 5.08. The van der Waals surface area contributed by atoms with Crippen molar-refractivity contribution in [3.05, 3.63) is 53.6 Å². The molecular weight excluding hydrogens is 288 g/mol. The van der Waals surface area contributed by atoms with Gasteiger partial charge in [-0.1, -0.05) is 32.0 Å². The second kappa shape index (κ2) is 7.58. The maximum Gasteiger partial charge on any atom is 0.221 e. The number of hydrogen-bond donors (Lipinski definition) is 1. The van der Waals surface area contributed by atoms with E-state index in [1.165, 1.54) is 6.92 Å². The molecule has 1 N–H and O–H groups in total. The molecule has 4 nitrogen and oxygen atoms in total. The first-order valence-electron chi connectivity index (χ1n) is 7.81. The van der Waals surface area contributed by atoms with Gasteiger partial charge >= 0.3 is 0 Å². The van der Waals surface area contributed by atoms with E-state index >= 15 is 0 Å². The molecule has 0 saturated carbocycles. The molecule has 2 aromatic rings. The van der Waals surface area contributed by atoms with Crippen molar-refractivity contribution in [1.82, 2.24) is 0 Å². The first kappa shape index (κ1) is 16.7. The number of aryl methyl sites for hydroxylation is 1. The highest BCUT2D eigenvalue weighted by atomic mass is 16.5. The first-order valence-corrected chi connectivity index (χ1v) is 7.81. The van der Waals surface area contributed by atoms with Gasteiger partial charge in [0, 0.05) is 12.6 Å². The van der Waals surface area contributed by atoms with Crippen LogP contribution in [0, 0.1) is 6.92 Å². The van der Waals surface area contributed by atoms with Gasteiger partial charge in [-0.15, -0.1) is 0 Å². The number of amides is 1. The number of anilines is 1. The Morgan fingerprint density at radius 2 is 1.83 bits per heavy atom. The number of fused-ring (bicyclic) bond motifs is 1. The van der Waals surface area contributed by atoms with Crippen LogP contribution in [0.1, 0.15) is 31.9 Å². The summed E-state index contributed by atoms with van der Waals surface area (Å²) in [6.07, 6.45) is 0. The van der Waals surface area contributed by atoms with Crippen LogP contribution < -0.4 is 10.1 Å². The van der Waals surface area contributed by atoms with Crippen molar-refractivity contribution < 1.29 is 9.53 Å². The smallest absolute Gasteiger partial charge is 0.221 e. The Bertz CT molecular complexity index is 719. The SMILES string of the molecule is CC.CC(=O)Nc1ccc(C2=Nc3ccc(C)cc3OC2)cc1. The summed E-state index contributed by atoms with van der Waals surface area (Å²) in [5, 5.41) is 2.75. The van der Waals surface area contributed by atoms with E-state index in [1.54, 1.807) is 0 Å². The van der Waals surface area contributed by atoms with Gasteiger partial charge in [0.25, 0.3) is 0 Å². The summed E-state index contributed by atoms with van der Waals surface area (Å²) in [4.78, 5) is 15.7. The molecule has 0 spiro atoms. The van der Waals surface area contributed by atoms with E-state index in [2.05, 4.69) is 10.3 Å². The van der Waals surface area contributed by atoms with Gasteiger partial charge in [0.2, 0.25) is 5.91 Å². The molecule has 1 aliphatic heterocycles. The number of carbonyl (C=O) groups is 1. The summed E-state index contributed by atoms with van der Waals surface area (Å²) < 4.78 is 5.77. The fourth-order valence-electron chi connectivity index (χ4n) is 2.25.